The minimum Gasteiger partial charge on any atom is -0.350 e. The highest BCUT2D eigenvalue weighted by molar-refractivity contribution is 5.97. The molecule has 92 valence electrons. The van der Waals surface area contributed by atoms with Crippen LogP contribution in [0.4, 0.5) is 0 Å². The van der Waals surface area contributed by atoms with E-state index < -0.39 is 0 Å². The maximum Gasteiger partial charge on any atom is 0.274 e. The van der Waals surface area contributed by atoms with Gasteiger partial charge < -0.3 is 5.32 Å². The molecule has 1 heterocycles. The second kappa shape index (κ2) is 4.60. The summed E-state index contributed by atoms with van der Waals surface area (Å²) in [4.78, 5) is 12.0. The molecule has 2 N–H and O–H groups in total. The first-order valence-corrected chi connectivity index (χ1v) is 6.09. The van der Waals surface area contributed by atoms with Gasteiger partial charge in [-0.05, 0) is 18.8 Å². The number of carbonyl (C=O) groups is 1. The minimum absolute atomic E-state index is 0.158. The fourth-order valence-electron chi connectivity index (χ4n) is 1.83. The number of aromatic amines is 1. The topological polar surface area (TPSA) is 70.7 Å². The Morgan fingerprint density at radius 2 is 2.06 bits per heavy atom. The molecule has 5 heteroatoms. The summed E-state index contributed by atoms with van der Waals surface area (Å²) in [5.41, 5.74) is 1.86. The summed E-state index contributed by atoms with van der Waals surface area (Å²) in [5.74, 6) is 0.496. The number of rotatable bonds is 4. The standard InChI is InChI=1S/C13H14N4O/c18-13(14-8-9-6-7-9)12-11(15-17-16-12)10-4-2-1-3-5-10/h1-5,9H,6-8H2,(H,14,18)(H,15,16,17). The summed E-state index contributed by atoms with van der Waals surface area (Å²) in [6.07, 6.45) is 2.43. The van der Waals surface area contributed by atoms with Crippen molar-refractivity contribution < 1.29 is 4.79 Å². The Hall–Kier alpha value is -2.17. The fourth-order valence-corrected chi connectivity index (χ4v) is 1.83. The van der Waals surface area contributed by atoms with Gasteiger partial charge >= 0.3 is 0 Å². The number of hydrogen-bond donors (Lipinski definition) is 2. The molecule has 1 saturated carbocycles. The lowest BCUT2D eigenvalue weighted by atomic mass is 10.1. The van der Waals surface area contributed by atoms with Crippen molar-refractivity contribution >= 4 is 5.91 Å². The van der Waals surface area contributed by atoms with E-state index in [1.807, 2.05) is 30.3 Å². The predicted molar refractivity (Wildman–Crippen MR) is 66.9 cm³/mol. The maximum atomic E-state index is 12.0. The summed E-state index contributed by atoms with van der Waals surface area (Å²) in [7, 11) is 0. The molecule has 5 nitrogen and oxygen atoms in total. The van der Waals surface area contributed by atoms with Crippen molar-refractivity contribution in [2.75, 3.05) is 6.54 Å². The second-order valence-electron chi connectivity index (χ2n) is 4.54. The molecule has 0 atom stereocenters. The van der Waals surface area contributed by atoms with E-state index >= 15 is 0 Å². The average molecular weight is 242 g/mol. The van der Waals surface area contributed by atoms with Crippen LogP contribution >= 0.6 is 0 Å². The number of aromatic nitrogens is 3. The molecule has 1 aromatic heterocycles. The largest absolute Gasteiger partial charge is 0.350 e. The Kier molecular flexibility index (Phi) is 2.80. The van der Waals surface area contributed by atoms with Gasteiger partial charge in [0.05, 0.1) is 0 Å². The molecule has 1 fully saturated rings. The molecular formula is C13H14N4O. The van der Waals surface area contributed by atoms with Crippen molar-refractivity contribution in [3.63, 3.8) is 0 Å². The Labute approximate surface area is 105 Å². The van der Waals surface area contributed by atoms with Gasteiger partial charge in [-0.2, -0.15) is 15.4 Å². The van der Waals surface area contributed by atoms with E-state index in [0.717, 1.165) is 12.1 Å². The first-order chi connectivity index (χ1) is 8.84. The zero-order valence-corrected chi connectivity index (χ0v) is 9.89. The highest BCUT2D eigenvalue weighted by Gasteiger charge is 2.24. The molecule has 1 amide bonds. The van der Waals surface area contributed by atoms with Gasteiger partial charge in [-0.15, -0.1) is 0 Å². The van der Waals surface area contributed by atoms with Crippen molar-refractivity contribution in [3.05, 3.63) is 36.0 Å². The molecule has 0 bridgehead atoms. The van der Waals surface area contributed by atoms with Crippen molar-refractivity contribution in [2.45, 2.75) is 12.8 Å². The van der Waals surface area contributed by atoms with Gasteiger partial charge in [0.1, 0.15) is 5.69 Å². The van der Waals surface area contributed by atoms with Crippen molar-refractivity contribution in [1.82, 2.24) is 20.7 Å². The van der Waals surface area contributed by atoms with E-state index in [9.17, 15) is 4.79 Å². The number of hydrogen-bond acceptors (Lipinski definition) is 3. The van der Waals surface area contributed by atoms with Crippen LogP contribution in [0.25, 0.3) is 11.3 Å². The van der Waals surface area contributed by atoms with Crippen LogP contribution in [0.15, 0.2) is 30.3 Å². The molecule has 1 aliphatic carbocycles. The SMILES string of the molecule is O=C(NCC1CC1)c1n[nH]nc1-c1ccccc1. The highest BCUT2D eigenvalue weighted by atomic mass is 16.2. The normalized spacial score (nSPS) is 14.4. The maximum absolute atomic E-state index is 12.0. The number of carbonyl (C=O) groups excluding carboxylic acids is 1. The Balaban J connectivity index is 1.80. The summed E-state index contributed by atoms with van der Waals surface area (Å²) in [6, 6.07) is 9.58. The molecule has 1 aromatic carbocycles. The van der Waals surface area contributed by atoms with Crippen molar-refractivity contribution in [2.24, 2.45) is 5.92 Å². The number of benzene rings is 1. The van der Waals surface area contributed by atoms with Gasteiger partial charge in [0.25, 0.3) is 5.91 Å². The van der Waals surface area contributed by atoms with Crippen LogP contribution in [0.5, 0.6) is 0 Å². The van der Waals surface area contributed by atoms with Crippen LogP contribution in [-0.4, -0.2) is 27.9 Å². The predicted octanol–water partition coefficient (Wildman–Crippen LogP) is 1.61. The average Bonchev–Trinajstić information content (AvgIpc) is 3.11. The summed E-state index contributed by atoms with van der Waals surface area (Å²) < 4.78 is 0. The molecule has 3 rings (SSSR count). The Bertz CT molecular complexity index is 545. The number of amides is 1. The third-order valence-electron chi connectivity index (χ3n) is 3.06. The summed E-state index contributed by atoms with van der Waals surface area (Å²) in [6.45, 7) is 0.736. The molecule has 2 aromatic rings. The van der Waals surface area contributed by atoms with Crippen molar-refractivity contribution in [3.8, 4) is 11.3 Å². The third kappa shape index (κ3) is 2.25. The number of H-pyrrole nitrogens is 1. The van der Waals surface area contributed by atoms with Crippen LogP contribution < -0.4 is 5.32 Å². The Morgan fingerprint density at radius 1 is 1.28 bits per heavy atom. The molecule has 0 unspecified atom stereocenters. The second-order valence-corrected chi connectivity index (χ2v) is 4.54. The Morgan fingerprint density at radius 3 is 2.78 bits per heavy atom. The molecule has 0 saturated heterocycles. The van der Waals surface area contributed by atoms with Gasteiger partial charge in [-0.3, -0.25) is 4.79 Å². The molecule has 0 spiro atoms. The minimum atomic E-state index is -0.158. The molecule has 0 aliphatic heterocycles. The molecule has 0 radical (unpaired) electrons. The van der Waals surface area contributed by atoms with Crippen LogP contribution in [0.1, 0.15) is 23.3 Å². The van der Waals surface area contributed by atoms with Crippen LogP contribution in [0, 0.1) is 5.92 Å². The smallest absolute Gasteiger partial charge is 0.274 e. The third-order valence-corrected chi connectivity index (χ3v) is 3.06. The van der Waals surface area contributed by atoms with Crippen LogP contribution in [0.3, 0.4) is 0 Å². The van der Waals surface area contributed by atoms with E-state index in [-0.39, 0.29) is 5.91 Å². The first-order valence-electron chi connectivity index (χ1n) is 6.09. The van der Waals surface area contributed by atoms with E-state index in [1.165, 1.54) is 12.8 Å². The monoisotopic (exact) mass is 242 g/mol. The molecule has 18 heavy (non-hydrogen) atoms. The summed E-state index contributed by atoms with van der Waals surface area (Å²) >= 11 is 0. The molecule has 1 aliphatic rings. The van der Waals surface area contributed by atoms with E-state index in [1.54, 1.807) is 0 Å². The number of nitrogens with one attached hydrogen (secondary N) is 2. The van der Waals surface area contributed by atoms with Gasteiger partial charge in [-0.25, -0.2) is 0 Å². The van der Waals surface area contributed by atoms with E-state index in [0.29, 0.717) is 17.3 Å². The lowest BCUT2D eigenvalue weighted by molar-refractivity contribution is 0.0947. The zero-order chi connectivity index (χ0) is 12.4. The molecular weight excluding hydrogens is 228 g/mol. The zero-order valence-electron chi connectivity index (χ0n) is 9.89. The van der Waals surface area contributed by atoms with Gasteiger partial charge in [-0.1, -0.05) is 30.3 Å². The van der Waals surface area contributed by atoms with E-state index in [4.69, 9.17) is 0 Å². The van der Waals surface area contributed by atoms with Gasteiger partial charge in [0.15, 0.2) is 5.69 Å². The first kappa shape index (κ1) is 11.0. The number of nitrogens with zero attached hydrogens (tertiary/aromatic N) is 2. The fraction of sp³-hybridized carbons (Fsp3) is 0.308. The lowest BCUT2D eigenvalue weighted by Crippen LogP contribution is -2.26. The summed E-state index contributed by atoms with van der Waals surface area (Å²) in [5, 5.41) is 13.4. The lowest BCUT2D eigenvalue weighted by Gasteiger charge is -2.02. The van der Waals surface area contributed by atoms with Crippen LogP contribution in [0.2, 0.25) is 0 Å². The van der Waals surface area contributed by atoms with Gasteiger partial charge in [0.2, 0.25) is 0 Å². The quantitative estimate of drug-likeness (QED) is 0.855. The van der Waals surface area contributed by atoms with Crippen LogP contribution in [-0.2, 0) is 0 Å². The van der Waals surface area contributed by atoms with E-state index in [2.05, 4.69) is 20.7 Å². The highest BCUT2D eigenvalue weighted by Crippen LogP contribution is 2.27. The van der Waals surface area contributed by atoms with Crippen molar-refractivity contribution in [1.29, 1.82) is 0 Å². The van der Waals surface area contributed by atoms with Gasteiger partial charge in [0, 0.05) is 12.1 Å².